The van der Waals surface area contributed by atoms with Crippen LogP contribution in [-0.2, 0) is 11.8 Å². The van der Waals surface area contributed by atoms with E-state index in [1.54, 1.807) is 11.1 Å². The molecule has 5 aromatic rings. The third-order valence-electron chi connectivity index (χ3n) is 12.4. The maximum absolute atomic E-state index is 6.63. The summed E-state index contributed by atoms with van der Waals surface area (Å²) >= 11 is 0. The first kappa shape index (κ1) is 25.7. The predicted octanol–water partition coefficient (Wildman–Crippen LogP) is 11.5. The van der Waals surface area contributed by atoms with Gasteiger partial charge in [0.1, 0.15) is 11.3 Å². The van der Waals surface area contributed by atoms with Crippen molar-refractivity contribution >= 4 is 22.6 Å². The minimum absolute atomic E-state index is 0.329. The van der Waals surface area contributed by atoms with Gasteiger partial charge in [-0.2, -0.15) is 0 Å². The van der Waals surface area contributed by atoms with Gasteiger partial charge in [0.2, 0.25) is 0 Å². The lowest BCUT2D eigenvalue weighted by Gasteiger charge is -2.37. The summed E-state index contributed by atoms with van der Waals surface area (Å²) in [5.41, 5.74) is 21.8. The number of benzene rings is 4. The summed E-state index contributed by atoms with van der Waals surface area (Å²) in [6.45, 7) is 0. The standard InChI is InChI=1S/C47H32O/c1-2-12-30-29(11-1)34-17-10-19-37-44(34)38(30)26-42-45(37)36-15-4-7-21-40(36)47(42)39-20-6-3-13-31(39)32-24-23-27(25-41(32)47)28-16-9-18-35-33-14-5-8-22-43(33)48-46(28)35/h2-4,6-10,12-13,15-26,37,44H,1,5,11,14H2. The highest BCUT2D eigenvalue weighted by atomic mass is 16.3. The Morgan fingerprint density at radius 1 is 0.688 bits per heavy atom. The van der Waals surface area contributed by atoms with E-state index in [1.165, 1.54) is 77.7 Å². The van der Waals surface area contributed by atoms with Crippen LogP contribution in [0.5, 0.6) is 0 Å². The molecule has 0 fully saturated rings. The van der Waals surface area contributed by atoms with Crippen molar-refractivity contribution in [3.05, 3.63) is 189 Å². The molecular weight excluding hydrogens is 581 g/mol. The molecule has 1 heterocycles. The topological polar surface area (TPSA) is 13.1 Å². The molecular formula is C47H32O. The third kappa shape index (κ3) is 2.92. The van der Waals surface area contributed by atoms with Gasteiger partial charge in [0, 0.05) is 28.3 Å². The van der Waals surface area contributed by atoms with Crippen LogP contribution in [0.25, 0.3) is 44.9 Å². The molecule has 0 saturated heterocycles. The van der Waals surface area contributed by atoms with Crippen LogP contribution in [0.1, 0.15) is 52.8 Å². The van der Waals surface area contributed by atoms with E-state index in [1.807, 2.05) is 0 Å². The molecule has 7 aliphatic rings. The van der Waals surface area contributed by atoms with Gasteiger partial charge >= 0.3 is 0 Å². The first-order valence-corrected chi connectivity index (χ1v) is 17.6. The van der Waals surface area contributed by atoms with Gasteiger partial charge in [-0.05, 0) is 110 Å². The molecule has 0 saturated carbocycles. The Labute approximate surface area is 280 Å². The molecule has 1 spiro atoms. The Morgan fingerprint density at radius 2 is 1.48 bits per heavy atom. The smallest absolute Gasteiger partial charge is 0.142 e. The Morgan fingerprint density at radius 3 is 2.42 bits per heavy atom. The zero-order chi connectivity index (χ0) is 31.1. The first-order chi connectivity index (χ1) is 23.8. The van der Waals surface area contributed by atoms with E-state index in [9.17, 15) is 0 Å². The zero-order valence-electron chi connectivity index (χ0n) is 26.6. The van der Waals surface area contributed by atoms with Gasteiger partial charge < -0.3 is 4.42 Å². The average Bonchev–Trinajstić information content (AvgIpc) is 3.86. The quantitative estimate of drug-likeness (QED) is 0.184. The van der Waals surface area contributed by atoms with E-state index in [4.69, 9.17) is 4.42 Å². The van der Waals surface area contributed by atoms with Crippen LogP contribution in [0.2, 0.25) is 0 Å². The molecule has 7 aliphatic carbocycles. The number of furan rings is 1. The Balaban J connectivity index is 1.17. The van der Waals surface area contributed by atoms with Crippen molar-refractivity contribution in [2.75, 3.05) is 0 Å². The summed E-state index contributed by atoms with van der Waals surface area (Å²) in [5, 5.41) is 1.25. The number of para-hydroxylation sites is 1. The summed E-state index contributed by atoms with van der Waals surface area (Å²) < 4.78 is 6.63. The second-order valence-electron chi connectivity index (χ2n) is 14.4. The van der Waals surface area contributed by atoms with E-state index in [0.29, 0.717) is 11.8 Å². The molecule has 12 rings (SSSR count). The average molecular weight is 613 g/mol. The number of hydrogen-bond donors (Lipinski definition) is 0. The summed E-state index contributed by atoms with van der Waals surface area (Å²) in [6.07, 6.45) is 23.5. The number of aryl methyl sites for hydroxylation is 1. The molecule has 1 aromatic heterocycles. The summed E-state index contributed by atoms with van der Waals surface area (Å²) in [7, 11) is 0. The first-order valence-electron chi connectivity index (χ1n) is 17.6. The van der Waals surface area contributed by atoms with Crippen LogP contribution >= 0.6 is 0 Å². The molecule has 48 heavy (non-hydrogen) atoms. The SMILES string of the molecule is C1=CC2C3=C(C=C4C5=C(CCC=C5)C(=C1)C42)C1(c2ccccc23)c2ccccc2-c2ccc(-c3cccc4c5c(oc34)C=CCC5)cc21. The van der Waals surface area contributed by atoms with Crippen molar-refractivity contribution in [3.63, 3.8) is 0 Å². The fourth-order valence-electron chi connectivity index (χ4n) is 10.7. The highest BCUT2D eigenvalue weighted by Gasteiger charge is 2.56. The molecule has 3 atom stereocenters. The van der Waals surface area contributed by atoms with Crippen molar-refractivity contribution in [2.45, 2.75) is 31.1 Å². The molecule has 0 amide bonds. The normalized spacial score (nSPS) is 24.7. The van der Waals surface area contributed by atoms with Gasteiger partial charge in [0.15, 0.2) is 0 Å². The molecule has 1 heteroatoms. The fourth-order valence-corrected chi connectivity index (χ4v) is 10.7. The maximum Gasteiger partial charge on any atom is 0.142 e. The van der Waals surface area contributed by atoms with Crippen LogP contribution < -0.4 is 0 Å². The highest BCUT2D eigenvalue weighted by Crippen LogP contribution is 2.68. The molecule has 0 bridgehead atoms. The van der Waals surface area contributed by atoms with Crippen molar-refractivity contribution in [2.24, 2.45) is 11.8 Å². The summed E-state index contributed by atoms with van der Waals surface area (Å²) in [4.78, 5) is 0. The van der Waals surface area contributed by atoms with E-state index in [2.05, 4.69) is 134 Å². The van der Waals surface area contributed by atoms with Crippen molar-refractivity contribution < 1.29 is 4.42 Å². The minimum atomic E-state index is -0.387. The van der Waals surface area contributed by atoms with E-state index < -0.39 is 0 Å². The number of hydrogen-bond acceptors (Lipinski definition) is 1. The van der Waals surface area contributed by atoms with Crippen LogP contribution in [0.3, 0.4) is 0 Å². The fraction of sp³-hybridized carbons (Fsp3) is 0.149. The van der Waals surface area contributed by atoms with Gasteiger partial charge in [-0.15, -0.1) is 0 Å². The van der Waals surface area contributed by atoms with Crippen molar-refractivity contribution in [1.82, 2.24) is 0 Å². The van der Waals surface area contributed by atoms with E-state index in [0.717, 1.165) is 37.0 Å². The molecule has 0 aliphatic heterocycles. The second-order valence-corrected chi connectivity index (χ2v) is 14.4. The predicted molar refractivity (Wildman–Crippen MR) is 195 cm³/mol. The molecule has 0 radical (unpaired) electrons. The number of allylic oxidation sites excluding steroid dienone is 13. The lowest BCUT2D eigenvalue weighted by atomic mass is 9.65. The molecule has 3 unspecified atom stereocenters. The third-order valence-corrected chi connectivity index (χ3v) is 12.4. The molecule has 1 nitrogen and oxygen atoms in total. The van der Waals surface area contributed by atoms with Gasteiger partial charge in [-0.1, -0.05) is 121 Å². The van der Waals surface area contributed by atoms with Gasteiger partial charge in [-0.3, -0.25) is 0 Å². The molecule has 4 aromatic carbocycles. The molecule has 226 valence electrons. The van der Waals surface area contributed by atoms with Gasteiger partial charge in [-0.25, -0.2) is 0 Å². The van der Waals surface area contributed by atoms with Crippen molar-refractivity contribution in [3.8, 4) is 22.3 Å². The van der Waals surface area contributed by atoms with Gasteiger partial charge in [0.05, 0.1) is 5.41 Å². The summed E-state index contributed by atoms with van der Waals surface area (Å²) in [6, 6.07) is 32.5. The molecule has 0 N–H and O–H groups in total. The van der Waals surface area contributed by atoms with Crippen LogP contribution in [0, 0.1) is 11.8 Å². The van der Waals surface area contributed by atoms with E-state index in [-0.39, 0.29) is 5.41 Å². The highest BCUT2D eigenvalue weighted by molar-refractivity contribution is 6.01. The van der Waals surface area contributed by atoms with E-state index >= 15 is 0 Å². The lowest BCUT2D eigenvalue weighted by Crippen LogP contribution is -2.29. The Kier molecular flexibility index (Phi) is 4.78. The van der Waals surface area contributed by atoms with Crippen LogP contribution in [-0.4, -0.2) is 0 Å². The monoisotopic (exact) mass is 612 g/mol. The van der Waals surface area contributed by atoms with Crippen molar-refractivity contribution in [1.29, 1.82) is 0 Å². The second kappa shape index (κ2) is 8.94. The summed E-state index contributed by atoms with van der Waals surface area (Å²) in [5.74, 6) is 1.76. The number of rotatable bonds is 1. The van der Waals surface area contributed by atoms with Crippen LogP contribution in [0.4, 0.5) is 0 Å². The zero-order valence-corrected chi connectivity index (χ0v) is 26.6. The van der Waals surface area contributed by atoms with Gasteiger partial charge in [0.25, 0.3) is 0 Å². The maximum atomic E-state index is 6.63. The number of fused-ring (bicyclic) bond motifs is 15. The lowest BCUT2D eigenvalue weighted by molar-refractivity contribution is 0.596. The largest absolute Gasteiger partial charge is 0.456 e. The minimum Gasteiger partial charge on any atom is -0.456 e. The Hall–Kier alpha value is -5.40. The Bertz CT molecular complexity index is 2570. The van der Waals surface area contributed by atoms with Crippen LogP contribution in [0.15, 0.2) is 160 Å².